The van der Waals surface area contributed by atoms with Gasteiger partial charge in [-0.25, -0.2) is 4.39 Å². The standard InChI is InChI=1S/C15H18BrF/c16-15(11-3-5-14(17)6-4-11)9-13-8-10-1-2-12(13)7-10/h3-6,10,12-13,15H,1-2,7-9H2. The maximum Gasteiger partial charge on any atom is 0.123 e. The molecule has 0 aromatic heterocycles. The van der Waals surface area contributed by atoms with Crippen molar-refractivity contribution in [1.82, 2.24) is 0 Å². The largest absolute Gasteiger partial charge is 0.207 e. The molecule has 0 nitrogen and oxygen atoms in total. The highest BCUT2D eigenvalue weighted by atomic mass is 79.9. The number of alkyl halides is 1. The van der Waals surface area contributed by atoms with E-state index in [1.165, 1.54) is 37.7 Å². The van der Waals surface area contributed by atoms with Gasteiger partial charge in [0.15, 0.2) is 0 Å². The number of hydrogen-bond acceptors (Lipinski definition) is 0. The quantitative estimate of drug-likeness (QED) is 0.682. The topological polar surface area (TPSA) is 0 Å². The van der Waals surface area contributed by atoms with Crippen LogP contribution in [0.1, 0.15) is 42.5 Å². The second-order valence-corrected chi connectivity index (χ2v) is 6.80. The zero-order valence-electron chi connectivity index (χ0n) is 9.91. The van der Waals surface area contributed by atoms with E-state index in [1.807, 2.05) is 12.1 Å². The third-order valence-corrected chi connectivity index (χ3v) is 5.53. The van der Waals surface area contributed by atoms with Gasteiger partial charge in [-0.2, -0.15) is 0 Å². The van der Waals surface area contributed by atoms with E-state index in [4.69, 9.17) is 0 Å². The minimum atomic E-state index is -0.145. The predicted molar refractivity (Wildman–Crippen MR) is 71.6 cm³/mol. The normalized spacial score (nSPS) is 32.9. The van der Waals surface area contributed by atoms with Gasteiger partial charge in [-0.1, -0.05) is 34.5 Å². The lowest BCUT2D eigenvalue weighted by Gasteiger charge is -2.24. The number of hydrogen-bond donors (Lipinski definition) is 0. The van der Waals surface area contributed by atoms with E-state index >= 15 is 0 Å². The molecule has 1 aromatic carbocycles. The molecule has 4 atom stereocenters. The number of rotatable bonds is 3. The summed E-state index contributed by atoms with van der Waals surface area (Å²) in [5.41, 5.74) is 1.22. The van der Waals surface area contributed by atoms with Gasteiger partial charge in [0, 0.05) is 4.83 Å². The second kappa shape index (κ2) is 4.72. The van der Waals surface area contributed by atoms with Gasteiger partial charge in [0.1, 0.15) is 5.82 Å². The van der Waals surface area contributed by atoms with Crippen LogP contribution < -0.4 is 0 Å². The van der Waals surface area contributed by atoms with E-state index < -0.39 is 0 Å². The molecule has 0 radical (unpaired) electrons. The molecule has 0 saturated heterocycles. The van der Waals surface area contributed by atoms with Crippen LogP contribution in [0.3, 0.4) is 0 Å². The molecule has 0 N–H and O–H groups in total. The van der Waals surface area contributed by atoms with Crippen LogP contribution in [-0.2, 0) is 0 Å². The summed E-state index contributed by atoms with van der Waals surface area (Å²) in [7, 11) is 0. The van der Waals surface area contributed by atoms with Gasteiger partial charge in [0.2, 0.25) is 0 Å². The Morgan fingerprint density at radius 2 is 1.94 bits per heavy atom. The highest BCUT2D eigenvalue weighted by Gasteiger charge is 2.39. The Morgan fingerprint density at radius 1 is 1.18 bits per heavy atom. The first-order valence-corrected chi connectivity index (χ1v) is 7.53. The Bertz CT molecular complexity index is 386. The van der Waals surface area contributed by atoms with Gasteiger partial charge in [-0.05, 0) is 61.1 Å². The zero-order chi connectivity index (χ0) is 11.8. The second-order valence-electron chi connectivity index (χ2n) is 5.69. The molecule has 2 aliphatic rings. The van der Waals surface area contributed by atoms with Crippen LogP contribution in [0.5, 0.6) is 0 Å². The zero-order valence-corrected chi connectivity index (χ0v) is 11.5. The van der Waals surface area contributed by atoms with Gasteiger partial charge < -0.3 is 0 Å². The summed E-state index contributed by atoms with van der Waals surface area (Å²) < 4.78 is 12.9. The van der Waals surface area contributed by atoms with Gasteiger partial charge in [0.25, 0.3) is 0 Å². The van der Waals surface area contributed by atoms with E-state index in [0.717, 1.165) is 17.8 Å². The summed E-state index contributed by atoms with van der Waals surface area (Å²) in [5, 5.41) is 0. The monoisotopic (exact) mass is 296 g/mol. The summed E-state index contributed by atoms with van der Waals surface area (Å²) in [5.74, 6) is 2.73. The average Bonchev–Trinajstić information content (AvgIpc) is 2.91. The fourth-order valence-electron chi connectivity index (χ4n) is 3.74. The Hall–Kier alpha value is -0.370. The smallest absolute Gasteiger partial charge is 0.123 e. The Kier molecular flexibility index (Phi) is 3.25. The van der Waals surface area contributed by atoms with Crippen molar-refractivity contribution >= 4 is 15.9 Å². The number of benzene rings is 1. The van der Waals surface area contributed by atoms with Gasteiger partial charge in [0.05, 0.1) is 0 Å². The molecule has 0 spiro atoms. The van der Waals surface area contributed by atoms with Crippen LogP contribution >= 0.6 is 15.9 Å². The van der Waals surface area contributed by atoms with Crippen molar-refractivity contribution in [2.75, 3.05) is 0 Å². The third kappa shape index (κ3) is 2.42. The molecule has 2 bridgehead atoms. The fraction of sp³-hybridized carbons (Fsp3) is 0.600. The molecule has 92 valence electrons. The van der Waals surface area contributed by atoms with Crippen LogP contribution in [0.15, 0.2) is 24.3 Å². The average molecular weight is 297 g/mol. The molecule has 1 aromatic rings. The van der Waals surface area contributed by atoms with E-state index in [0.29, 0.717) is 4.83 Å². The van der Waals surface area contributed by atoms with E-state index in [2.05, 4.69) is 15.9 Å². The predicted octanol–water partition coefficient (Wildman–Crippen LogP) is 5.09. The minimum Gasteiger partial charge on any atom is -0.207 e. The Balaban J connectivity index is 1.63. The molecule has 0 amide bonds. The maximum atomic E-state index is 12.9. The highest BCUT2D eigenvalue weighted by molar-refractivity contribution is 9.09. The van der Waals surface area contributed by atoms with Crippen LogP contribution in [-0.4, -0.2) is 0 Å². The molecule has 0 heterocycles. The lowest BCUT2D eigenvalue weighted by molar-refractivity contribution is 0.314. The van der Waals surface area contributed by atoms with Crippen molar-refractivity contribution in [2.45, 2.75) is 36.9 Å². The Labute approximate surface area is 111 Å². The van der Waals surface area contributed by atoms with Gasteiger partial charge >= 0.3 is 0 Å². The van der Waals surface area contributed by atoms with Crippen molar-refractivity contribution in [3.8, 4) is 0 Å². The van der Waals surface area contributed by atoms with E-state index in [1.54, 1.807) is 12.1 Å². The molecule has 2 aliphatic carbocycles. The molecule has 17 heavy (non-hydrogen) atoms. The third-order valence-electron chi connectivity index (χ3n) is 4.63. The molecular weight excluding hydrogens is 279 g/mol. The first kappa shape index (κ1) is 11.7. The number of halogens is 2. The molecule has 3 rings (SSSR count). The SMILES string of the molecule is Fc1ccc(C(Br)CC2CC3CCC2C3)cc1. The van der Waals surface area contributed by atoms with Crippen LogP contribution in [0.25, 0.3) is 0 Å². The van der Waals surface area contributed by atoms with Gasteiger partial charge in [-0.15, -0.1) is 0 Å². The molecule has 4 unspecified atom stereocenters. The van der Waals surface area contributed by atoms with Gasteiger partial charge in [-0.3, -0.25) is 0 Å². The van der Waals surface area contributed by atoms with E-state index in [-0.39, 0.29) is 5.82 Å². The van der Waals surface area contributed by atoms with Crippen molar-refractivity contribution in [3.63, 3.8) is 0 Å². The minimum absolute atomic E-state index is 0.145. The first-order valence-electron chi connectivity index (χ1n) is 6.62. The fourth-order valence-corrected chi connectivity index (χ4v) is 4.52. The first-order chi connectivity index (χ1) is 8.22. The summed E-state index contributed by atoms with van der Waals surface area (Å²) in [4.78, 5) is 0.396. The van der Waals surface area contributed by atoms with Crippen LogP contribution in [0.4, 0.5) is 4.39 Å². The summed E-state index contributed by atoms with van der Waals surface area (Å²) >= 11 is 3.77. The molecule has 0 aliphatic heterocycles. The van der Waals surface area contributed by atoms with E-state index in [9.17, 15) is 4.39 Å². The molecule has 2 heteroatoms. The summed E-state index contributed by atoms with van der Waals surface area (Å²) in [6, 6.07) is 6.93. The molecule has 2 fully saturated rings. The van der Waals surface area contributed by atoms with Crippen LogP contribution in [0, 0.1) is 23.6 Å². The number of fused-ring (bicyclic) bond motifs is 2. The molecule has 2 saturated carbocycles. The van der Waals surface area contributed by atoms with Crippen molar-refractivity contribution < 1.29 is 4.39 Å². The summed E-state index contributed by atoms with van der Waals surface area (Å²) in [6.07, 6.45) is 7.01. The van der Waals surface area contributed by atoms with Crippen molar-refractivity contribution in [3.05, 3.63) is 35.6 Å². The lowest BCUT2D eigenvalue weighted by Crippen LogP contribution is -2.12. The van der Waals surface area contributed by atoms with Crippen molar-refractivity contribution in [1.29, 1.82) is 0 Å². The van der Waals surface area contributed by atoms with Crippen molar-refractivity contribution in [2.24, 2.45) is 17.8 Å². The molecular formula is C15H18BrF. The summed E-state index contributed by atoms with van der Waals surface area (Å²) in [6.45, 7) is 0. The van der Waals surface area contributed by atoms with Crippen LogP contribution in [0.2, 0.25) is 0 Å². The maximum absolute atomic E-state index is 12.9. The Morgan fingerprint density at radius 3 is 2.53 bits per heavy atom. The highest BCUT2D eigenvalue weighted by Crippen LogP contribution is 2.51. The lowest BCUT2D eigenvalue weighted by atomic mass is 9.84.